The molecule has 0 aromatic heterocycles. The van der Waals surface area contributed by atoms with Crippen LogP contribution in [0, 0.1) is 0 Å². The van der Waals surface area contributed by atoms with E-state index < -0.39 is 12.1 Å². The summed E-state index contributed by atoms with van der Waals surface area (Å²) >= 11 is 9.44. The monoisotopic (exact) mass is 347 g/mol. The molecule has 1 heterocycles. The summed E-state index contributed by atoms with van der Waals surface area (Å²) in [5.74, 6) is -0.310. The van der Waals surface area contributed by atoms with Gasteiger partial charge >= 0.3 is 5.97 Å². The van der Waals surface area contributed by atoms with Crippen LogP contribution in [0.15, 0.2) is 22.7 Å². The maximum absolute atomic E-state index is 11.7. The number of hydrogen-bond donors (Lipinski definition) is 1. The summed E-state index contributed by atoms with van der Waals surface area (Å²) in [7, 11) is 1.36. The highest BCUT2D eigenvalue weighted by Gasteiger charge is 2.36. The normalized spacial score (nSPS) is 23.6. The number of aliphatic hydroxyl groups is 1. The number of methoxy groups -OCH3 is 1. The highest BCUT2D eigenvalue weighted by molar-refractivity contribution is 9.10. The molecule has 104 valence electrons. The SMILES string of the molecule is COC(=O)[C@@H]1C[C@@H](O)CN1Cc1cc(Cl)ccc1Br. The van der Waals surface area contributed by atoms with Crippen molar-refractivity contribution >= 4 is 33.5 Å². The molecule has 0 amide bonds. The average molecular weight is 349 g/mol. The molecule has 6 heteroatoms. The number of hydrogen-bond acceptors (Lipinski definition) is 4. The summed E-state index contributed by atoms with van der Waals surface area (Å²) < 4.78 is 5.71. The fraction of sp³-hybridized carbons (Fsp3) is 0.462. The predicted octanol–water partition coefficient (Wildman–Crippen LogP) is 2.21. The van der Waals surface area contributed by atoms with Gasteiger partial charge in [0.05, 0.1) is 13.2 Å². The Hall–Kier alpha value is -0.620. The quantitative estimate of drug-likeness (QED) is 0.851. The van der Waals surface area contributed by atoms with Crippen LogP contribution in [0.1, 0.15) is 12.0 Å². The van der Waals surface area contributed by atoms with E-state index in [1.54, 1.807) is 6.07 Å². The fourth-order valence-electron chi connectivity index (χ4n) is 2.32. The number of likely N-dealkylation sites (tertiary alicyclic amines) is 1. The van der Waals surface area contributed by atoms with E-state index in [2.05, 4.69) is 15.9 Å². The summed E-state index contributed by atoms with van der Waals surface area (Å²) in [6, 6.07) is 5.12. The number of benzene rings is 1. The molecule has 1 saturated heterocycles. The van der Waals surface area contributed by atoms with Crippen LogP contribution in [-0.2, 0) is 16.1 Å². The topological polar surface area (TPSA) is 49.8 Å². The molecular weight excluding hydrogens is 334 g/mol. The van der Waals surface area contributed by atoms with Gasteiger partial charge in [-0.15, -0.1) is 0 Å². The number of aliphatic hydroxyl groups excluding tert-OH is 1. The molecule has 19 heavy (non-hydrogen) atoms. The second-order valence-corrected chi connectivity index (χ2v) is 5.88. The Morgan fingerprint density at radius 3 is 3.05 bits per heavy atom. The number of halogens is 2. The molecule has 0 saturated carbocycles. The van der Waals surface area contributed by atoms with Crippen molar-refractivity contribution in [1.29, 1.82) is 0 Å². The van der Waals surface area contributed by atoms with Crippen molar-refractivity contribution in [2.45, 2.75) is 25.1 Å². The molecule has 1 aromatic rings. The summed E-state index contributed by atoms with van der Waals surface area (Å²) in [6.45, 7) is 0.997. The van der Waals surface area contributed by atoms with Gasteiger partial charge in [0, 0.05) is 29.0 Å². The number of rotatable bonds is 3. The minimum absolute atomic E-state index is 0.310. The highest BCUT2D eigenvalue weighted by Crippen LogP contribution is 2.27. The molecule has 1 aliphatic rings. The Kier molecular flexibility index (Phi) is 4.84. The van der Waals surface area contributed by atoms with E-state index >= 15 is 0 Å². The van der Waals surface area contributed by atoms with Crippen molar-refractivity contribution in [2.75, 3.05) is 13.7 Å². The zero-order chi connectivity index (χ0) is 14.0. The zero-order valence-corrected chi connectivity index (χ0v) is 12.8. The number of esters is 1. The molecule has 1 aliphatic heterocycles. The summed E-state index contributed by atoms with van der Waals surface area (Å²) in [6.07, 6.45) is -0.0905. The van der Waals surface area contributed by atoms with E-state index in [1.807, 2.05) is 17.0 Å². The predicted molar refractivity (Wildman–Crippen MR) is 76.0 cm³/mol. The van der Waals surface area contributed by atoms with E-state index in [1.165, 1.54) is 7.11 Å². The fourth-order valence-corrected chi connectivity index (χ4v) is 2.89. The van der Waals surface area contributed by atoms with Crippen LogP contribution in [0.3, 0.4) is 0 Å². The molecule has 1 aromatic carbocycles. The summed E-state index contributed by atoms with van der Waals surface area (Å²) in [5, 5.41) is 10.4. The van der Waals surface area contributed by atoms with Crippen LogP contribution in [0.4, 0.5) is 0 Å². The van der Waals surface area contributed by atoms with Crippen molar-refractivity contribution in [1.82, 2.24) is 4.90 Å². The first-order chi connectivity index (χ1) is 9.01. The lowest BCUT2D eigenvalue weighted by Gasteiger charge is -2.22. The van der Waals surface area contributed by atoms with Gasteiger partial charge in [0.15, 0.2) is 0 Å². The lowest BCUT2D eigenvalue weighted by atomic mass is 10.2. The van der Waals surface area contributed by atoms with Crippen molar-refractivity contribution in [3.8, 4) is 0 Å². The van der Waals surface area contributed by atoms with Crippen LogP contribution in [0.5, 0.6) is 0 Å². The van der Waals surface area contributed by atoms with E-state index in [0.717, 1.165) is 10.0 Å². The average Bonchev–Trinajstić information content (AvgIpc) is 2.74. The third-order valence-electron chi connectivity index (χ3n) is 3.24. The van der Waals surface area contributed by atoms with Gasteiger partial charge < -0.3 is 9.84 Å². The summed E-state index contributed by atoms with van der Waals surface area (Å²) in [5.41, 5.74) is 0.982. The molecular formula is C13H15BrClNO3. The minimum Gasteiger partial charge on any atom is -0.468 e. The molecule has 0 radical (unpaired) electrons. The Morgan fingerprint density at radius 2 is 2.37 bits per heavy atom. The van der Waals surface area contributed by atoms with Gasteiger partial charge in [-0.3, -0.25) is 9.69 Å². The zero-order valence-electron chi connectivity index (χ0n) is 10.5. The van der Waals surface area contributed by atoms with Crippen LogP contribution < -0.4 is 0 Å². The molecule has 0 unspecified atom stereocenters. The Bertz CT molecular complexity index is 483. The van der Waals surface area contributed by atoms with Crippen LogP contribution in [0.25, 0.3) is 0 Å². The van der Waals surface area contributed by atoms with Gasteiger partial charge in [-0.1, -0.05) is 27.5 Å². The van der Waals surface area contributed by atoms with Crippen LogP contribution in [0.2, 0.25) is 5.02 Å². The highest BCUT2D eigenvalue weighted by atomic mass is 79.9. The van der Waals surface area contributed by atoms with Gasteiger partial charge in [-0.25, -0.2) is 0 Å². The molecule has 1 N–H and O–H groups in total. The number of carbonyl (C=O) groups is 1. The molecule has 4 nitrogen and oxygen atoms in total. The number of ether oxygens (including phenoxy) is 1. The largest absolute Gasteiger partial charge is 0.468 e. The first-order valence-corrected chi connectivity index (χ1v) is 7.12. The minimum atomic E-state index is -0.498. The van der Waals surface area contributed by atoms with Crippen molar-refractivity contribution in [3.63, 3.8) is 0 Å². The Morgan fingerprint density at radius 1 is 1.63 bits per heavy atom. The number of nitrogens with zero attached hydrogens (tertiary/aromatic N) is 1. The van der Waals surface area contributed by atoms with Gasteiger partial charge in [-0.2, -0.15) is 0 Å². The van der Waals surface area contributed by atoms with Gasteiger partial charge in [0.25, 0.3) is 0 Å². The third kappa shape index (κ3) is 3.48. The van der Waals surface area contributed by atoms with E-state index in [-0.39, 0.29) is 5.97 Å². The van der Waals surface area contributed by atoms with Gasteiger partial charge in [0.2, 0.25) is 0 Å². The molecule has 0 bridgehead atoms. The van der Waals surface area contributed by atoms with Crippen LogP contribution >= 0.6 is 27.5 Å². The smallest absolute Gasteiger partial charge is 0.323 e. The lowest BCUT2D eigenvalue weighted by molar-refractivity contribution is -0.146. The number of carbonyl (C=O) groups excluding carboxylic acids is 1. The van der Waals surface area contributed by atoms with Crippen molar-refractivity contribution in [3.05, 3.63) is 33.3 Å². The standard InChI is InChI=1S/C13H15BrClNO3/c1-19-13(18)12-5-10(17)7-16(12)6-8-4-9(15)2-3-11(8)14/h2-4,10,12,17H,5-7H2,1H3/t10-,12+/m1/s1. The first-order valence-electron chi connectivity index (χ1n) is 5.95. The van der Waals surface area contributed by atoms with E-state index in [9.17, 15) is 9.90 Å². The van der Waals surface area contributed by atoms with Gasteiger partial charge in [0.1, 0.15) is 6.04 Å². The molecule has 2 rings (SSSR count). The molecule has 0 aliphatic carbocycles. The number of β-amino-alcohol motifs (C(OH)–C–C–N with tert-alkyl or cyclic N) is 1. The van der Waals surface area contributed by atoms with Crippen LogP contribution in [-0.4, -0.2) is 41.8 Å². The Labute approximate surface area is 125 Å². The van der Waals surface area contributed by atoms with E-state index in [0.29, 0.717) is 24.5 Å². The summed E-state index contributed by atoms with van der Waals surface area (Å²) in [4.78, 5) is 13.6. The third-order valence-corrected chi connectivity index (χ3v) is 4.24. The maximum atomic E-state index is 11.7. The van der Waals surface area contributed by atoms with Gasteiger partial charge in [-0.05, 0) is 23.8 Å². The maximum Gasteiger partial charge on any atom is 0.323 e. The second-order valence-electron chi connectivity index (χ2n) is 4.59. The molecule has 0 spiro atoms. The lowest BCUT2D eigenvalue weighted by Crippen LogP contribution is -2.36. The molecule has 2 atom stereocenters. The molecule has 1 fully saturated rings. The second kappa shape index (κ2) is 6.22. The van der Waals surface area contributed by atoms with Crippen molar-refractivity contribution < 1.29 is 14.6 Å². The Balaban J connectivity index is 2.16. The van der Waals surface area contributed by atoms with E-state index in [4.69, 9.17) is 16.3 Å². The first kappa shape index (κ1) is 14.8. The van der Waals surface area contributed by atoms with Crippen molar-refractivity contribution in [2.24, 2.45) is 0 Å².